The molecule has 0 bridgehead atoms. The normalized spacial score (nSPS) is 19.0. The van der Waals surface area contributed by atoms with Crippen LogP contribution < -0.4 is 4.90 Å². The molecule has 1 aromatic carbocycles. The van der Waals surface area contributed by atoms with Crippen molar-refractivity contribution >= 4 is 11.9 Å². The molecule has 2 aromatic rings. The van der Waals surface area contributed by atoms with Crippen LogP contribution in [0.1, 0.15) is 25.7 Å². The molecule has 0 spiro atoms. The summed E-state index contributed by atoms with van der Waals surface area (Å²) in [6.45, 7) is 3.03. The monoisotopic (exact) mass is 326 g/mol. The van der Waals surface area contributed by atoms with Crippen LogP contribution >= 0.6 is 0 Å². The van der Waals surface area contributed by atoms with E-state index in [1.807, 2.05) is 35.2 Å². The van der Waals surface area contributed by atoms with E-state index in [4.69, 9.17) is 0 Å². The van der Waals surface area contributed by atoms with Gasteiger partial charge < -0.3 is 9.80 Å². The van der Waals surface area contributed by atoms with Gasteiger partial charge in [0.05, 0.1) is 5.69 Å². The van der Waals surface area contributed by atoms with Crippen LogP contribution in [0, 0.1) is 5.92 Å². The molecule has 2 heterocycles. The van der Waals surface area contributed by atoms with Crippen molar-refractivity contribution < 1.29 is 4.79 Å². The summed E-state index contributed by atoms with van der Waals surface area (Å²) in [5.41, 5.74) is 0.946. The minimum atomic E-state index is 0.256. The zero-order valence-electron chi connectivity index (χ0n) is 13.7. The first-order valence-electron chi connectivity index (χ1n) is 8.70. The second-order valence-electron chi connectivity index (χ2n) is 6.52. The SMILES string of the molecule is O=C(C1CCCC1)N1CCN(c2nnnn2-c2ccccc2)CC1. The number of piperazine rings is 1. The average Bonchev–Trinajstić information content (AvgIpc) is 3.34. The summed E-state index contributed by atoms with van der Waals surface area (Å²) in [5, 5.41) is 12.1. The molecule has 0 radical (unpaired) electrons. The van der Waals surface area contributed by atoms with Crippen molar-refractivity contribution in [2.45, 2.75) is 25.7 Å². The number of carbonyl (C=O) groups excluding carboxylic acids is 1. The molecule has 0 atom stereocenters. The van der Waals surface area contributed by atoms with Crippen LogP contribution in [0.25, 0.3) is 5.69 Å². The van der Waals surface area contributed by atoms with E-state index in [0.717, 1.165) is 50.7 Å². The van der Waals surface area contributed by atoms with Gasteiger partial charge in [-0.3, -0.25) is 4.79 Å². The molecule has 0 unspecified atom stereocenters. The van der Waals surface area contributed by atoms with Crippen molar-refractivity contribution in [1.82, 2.24) is 25.1 Å². The Labute approximate surface area is 141 Å². The van der Waals surface area contributed by atoms with Gasteiger partial charge in [0, 0.05) is 32.1 Å². The molecule has 2 fully saturated rings. The third kappa shape index (κ3) is 2.86. The van der Waals surface area contributed by atoms with Gasteiger partial charge >= 0.3 is 0 Å². The molecule has 4 rings (SSSR count). The molecule has 24 heavy (non-hydrogen) atoms. The van der Waals surface area contributed by atoms with Gasteiger partial charge in [-0.05, 0) is 35.4 Å². The molecule has 1 saturated carbocycles. The Hall–Kier alpha value is -2.44. The highest BCUT2D eigenvalue weighted by Gasteiger charge is 2.30. The summed E-state index contributed by atoms with van der Waals surface area (Å²) < 4.78 is 1.76. The molecule has 1 saturated heterocycles. The lowest BCUT2D eigenvalue weighted by Crippen LogP contribution is -2.50. The van der Waals surface area contributed by atoms with E-state index in [2.05, 4.69) is 20.4 Å². The summed E-state index contributed by atoms with van der Waals surface area (Å²) in [6.07, 6.45) is 4.51. The fraction of sp³-hybridized carbons (Fsp3) is 0.529. The second kappa shape index (κ2) is 6.59. The fourth-order valence-corrected chi connectivity index (χ4v) is 3.67. The minimum Gasteiger partial charge on any atom is -0.339 e. The molecule has 2 aliphatic rings. The van der Waals surface area contributed by atoms with Gasteiger partial charge in [-0.2, -0.15) is 4.68 Å². The van der Waals surface area contributed by atoms with Crippen LogP contribution in [0.3, 0.4) is 0 Å². The number of hydrogen-bond acceptors (Lipinski definition) is 5. The Morgan fingerprint density at radius 1 is 1.00 bits per heavy atom. The standard InChI is InChI=1S/C17H22N6O/c24-16(14-6-4-5-7-14)21-10-12-22(13-11-21)17-18-19-20-23(17)15-8-2-1-3-9-15/h1-3,8-9,14H,4-7,10-13H2. The molecule has 1 amide bonds. The predicted octanol–water partition coefficient (Wildman–Crippen LogP) is 1.50. The minimum absolute atomic E-state index is 0.256. The van der Waals surface area contributed by atoms with Crippen molar-refractivity contribution in [1.29, 1.82) is 0 Å². The van der Waals surface area contributed by atoms with E-state index in [-0.39, 0.29) is 5.92 Å². The van der Waals surface area contributed by atoms with Gasteiger partial charge in [-0.1, -0.05) is 36.1 Å². The largest absolute Gasteiger partial charge is 0.339 e. The van der Waals surface area contributed by atoms with Crippen LogP contribution in [0.15, 0.2) is 30.3 Å². The highest BCUT2D eigenvalue weighted by Crippen LogP contribution is 2.27. The van der Waals surface area contributed by atoms with Gasteiger partial charge in [0.25, 0.3) is 0 Å². The molecule has 1 aromatic heterocycles. The number of benzene rings is 1. The molecule has 1 aliphatic carbocycles. The third-order valence-corrected chi connectivity index (χ3v) is 5.03. The fourth-order valence-electron chi connectivity index (χ4n) is 3.67. The number of anilines is 1. The number of carbonyl (C=O) groups is 1. The molecule has 126 valence electrons. The Kier molecular flexibility index (Phi) is 4.15. The first-order chi connectivity index (χ1) is 11.8. The van der Waals surface area contributed by atoms with Crippen LogP contribution in [-0.4, -0.2) is 57.2 Å². The summed E-state index contributed by atoms with van der Waals surface area (Å²) in [6, 6.07) is 9.89. The summed E-state index contributed by atoms with van der Waals surface area (Å²) in [7, 11) is 0. The predicted molar refractivity (Wildman–Crippen MR) is 89.9 cm³/mol. The first-order valence-corrected chi connectivity index (χ1v) is 8.70. The van der Waals surface area contributed by atoms with Gasteiger partial charge in [-0.25, -0.2) is 0 Å². The van der Waals surface area contributed by atoms with E-state index in [9.17, 15) is 4.79 Å². The number of para-hydroxylation sites is 1. The van der Waals surface area contributed by atoms with Crippen LogP contribution in [0.5, 0.6) is 0 Å². The van der Waals surface area contributed by atoms with E-state index in [1.165, 1.54) is 12.8 Å². The van der Waals surface area contributed by atoms with Gasteiger partial charge in [0.15, 0.2) is 0 Å². The Morgan fingerprint density at radius 3 is 2.42 bits per heavy atom. The molecular weight excluding hydrogens is 304 g/mol. The third-order valence-electron chi connectivity index (χ3n) is 5.03. The maximum atomic E-state index is 12.5. The Balaban J connectivity index is 1.43. The van der Waals surface area contributed by atoms with Crippen molar-refractivity contribution in [2.24, 2.45) is 5.92 Å². The summed E-state index contributed by atoms with van der Waals surface area (Å²) in [5.74, 6) is 1.34. The first kappa shape index (κ1) is 15.1. The molecular formula is C17H22N6O. The number of amides is 1. The highest BCUT2D eigenvalue weighted by atomic mass is 16.2. The van der Waals surface area contributed by atoms with Crippen molar-refractivity contribution in [2.75, 3.05) is 31.1 Å². The number of hydrogen-bond donors (Lipinski definition) is 0. The van der Waals surface area contributed by atoms with Crippen LogP contribution in [-0.2, 0) is 4.79 Å². The Morgan fingerprint density at radius 2 is 1.71 bits per heavy atom. The number of tetrazole rings is 1. The van der Waals surface area contributed by atoms with Crippen molar-refractivity contribution in [3.05, 3.63) is 30.3 Å². The highest BCUT2D eigenvalue weighted by molar-refractivity contribution is 5.79. The zero-order valence-corrected chi connectivity index (χ0v) is 13.7. The van der Waals surface area contributed by atoms with Gasteiger partial charge in [0.1, 0.15) is 0 Å². The van der Waals surface area contributed by atoms with Crippen molar-refractivity contribution in [3.63, 3.8) is 0 Å². The van der Waals surface area contributed by atoms with Gasteiger partial charge in [-0.15, -0.1) is 0 Å². The van der Waals surface area contributed by atoms with E-state index < -0.39 is 0 Å². The average molecular weight is 326 g/mol. The molecule has 7 heteroatoms. The van der Waals surface area contributed by atoms with Crippen LogP contribution in [0.4, 0.5) is 5.95 Å². The van der Waals surface area contributed by atoms with Crippen LogP contribution in [0.2, 0.25) is 0 Å². The lowest BCUT2D eigenvalue weighted by molar-refractivity contribution is -0.135. The quantitative estimate of drug-likeness (QED) is 0.855. The number of aromatic nitrogens is 4. The summed E-state index contributed by atoms with van der Waals surface area (Å²) in [4.78, 5) is 16.7. The number of rotatable bonds is 3. The second-order valence-corrected chi connectivity index (χ2v) is 6.52. The molecule has 0 N–H and O–H groups in total. The molecule has 7 nitrogen and oxygen atoms in total. The zero-order chi connectivity index (χ0) is 16.4. The van der Waals surface area contributed by atoms with E-state index in [0.29, 0.717) is 5.91 Å². The smallest absolute Gasteiger partial charge is 0.250 e. The Bertz CT molecular complexity index is 686. The lowest BCUT2D eigenvalue weighted by Gasteiger charge is -2.36. The van der Waals surface area contributed by atoms with E-state index >= 15 is 0 Å². The topological polar surface area (TPSA) is 67.2 Å². The maximum Gasteiger partial charge on any atom is 0.250 e. The van der Waals surface area contributed by atoms with Gasteiger partial charge in [0.2, 0.25) is 11.9 Å². The molecule has 1 aliphatic heterocycles. The van der Waals surface area contributed by atoms with Crippen molar-refractivity contribution in [3.8, 4) is 5.69 Å². The van der Waals surface area contributed by atoms with E-state index in [1.54, 1.807) is 4.68 Å². The summed E-state index contributed by atoms with van der Waals surface area (Å²) >= 11 is 0. The number of nitrogens with zero attached hydrogens (tertiary/aromatic N) is 6. The lowest BCUT2D eigenvalue weighted by atomic mass is 10.1. The maximum absolute atomic E-state index is 12.5.